The van der Waals surface area contributed by atoms with E-state index in [2.05, 4.69) is 57.1 Å². The largest absolute Gasteiger partial charge is 0.305 e. The monoisotopic (exact) mass is 301 g/mol. The number of hydrogen-bond donors (Lipinski definition) is 1. The molecule has 4 heteroatoms. The Hall–Kier alpha value is -0.160. The van der Waals surface area contributed by atoms with Crippen molar-refractivity contribution in [3.05, 3.63) is 43.2 Å². The molecule has 0 spiro atoms. The SMILES string of the molecule is CC(NCc1cccs1)c1cc(Br)cs1. The van der Waals surface area contributed by atoms with Crippen molar-refractivity contribution in [2.45, 2.75) is 19.5 Å². The van der Waals surface area contributed by atoms with Gasteiger partial charge in [0, 0.05) is 32.2 Å². The van der Waals surface area contributed by atoms with Gasteiger partial charge in [0.25, 0.3) is 0 Å². The Morgan fingerprint density at radius 3 is 2.93 bits per heavy atom. The van der Waals surface area contributed by atoms with Gasteiger partial charge < -0.3 is 5.32 Å². The first-order chi connectivity index (χ1) is 7.25. The number of rotatable bonds is 4. The predicted molar refractivity (Wildman–Crippen MR) is 71.6 cm³/mol. The molecule has 2 rings (SSSR count). The second-order valence-electron chi connectivity index (χ2n) is 3.35. The third kappa shape index (κ3) is 3.14. The van der Waals surface area contributed by atoms with Crippen LogP contribution in [0.2, 0.25) is 0 Å². The van der Waals surface area contributed by atoms with Crippen LogP contribution >= 0.6 is 38.6 Å². The van der Waals surface area contributed by atoms with E-state index in [4.69, 9.17) is 0 Å². The van der Waals surface area contributed by atoms with Gasteiger partial charge in [-0.1, -0.05) is 6.07 Å². The molecule has 0 bridgehead atoms. The fraction of sp³-hybridized carbons (Fsp3) is 0.273. The molecule has 0 aliphatic heterocycles. The molecule has 15 heavy (non-hydrogen) atoms. The molecular weight excluding hydrogens is 290 g/mol. The molecule has 2 aromatic heterocycles. The summed E-state index contributed by atoms with van der Waals surface area (Å²) in [5.41, 5.74) is 0. The first-order valence-corrected chi connectivity index (χ1v) is 7.30. The Bertz CT molecular complexity index is 408. The van der Waals surface area contributed by atoms with Crippen molar-refractivity contribution in [2.75, 3.05) is 0 Å². The molecule has 0 aliphatic carbocycles. The lowest BCUT2D eigenvalue weighted by atomic mass is 10.3. The lowest BCUT2D eigenvalue weighted by molar-refractivity contribution is 0.587. The first kappa shape index (κ1) is 11.3. The van der Waals surface area contributed by atoms with Gasteiger partial charge in [-0.15, -0.1) is 22.7 Å². The minimum atomic E-state index is 0.420. The minimum Gasteiger partial charge on any atom is -0.305 e. The molecule has 0 saturated carbocycles. The van der Waals surface area contributed by atoms with Crippen molar-refractivity contribution in [2.24, 2.45) is 0 Å². The minimum absolute atomic E-state index is 0.420. The van der Waals surface area contributed by atoms with Crippen LogP contribution < -0.4 is 5.32 Å². The fourth-order valence-corrected chi connectivity index (χ4v) is 3.46. The normalized spacial score (nSPS) is 12.9. The van der Waals surface area contributed by atoms with Gasteiger partial charge in [0.05, 0.1) is 0 Å². The zero-order valence-corrected chi connectivity index (χ0v) is 11.6. The molecule has 0 fully saturated rings. The summed E-state index contributed by atoms with van der Waals surface area (Å²) in [5, 5.41) is 7.75. The van der Waals surface area contributed by atoms with Crippen LogP contribution in [0.15, 0.2) is 33.4 Å². The summed E-state index contributed by atoms with van der Waals surface area (Å²) in [6.45, 7) is 3.15. The Labute approximate surface area is 106 Å². The highest BCUT2D eigenvalue weighted by molar-refractivity contribution is 9.10. The summed E-state index contributed by atoms with van der Waals surface area (Å²) < 4.78 is 1.17. The lowest BCUT2D eigenvalue weighted by Crippen LogP contribution is -2.16. The Morgan fingerprint density at radius 1 is 1.47 bits per heavy atom. The molecular formula is C11H12BrNS2. The molecule has 0 saturated heterocycles. The summed E-state index contributed by atoms with van der Waals surface area (Å²) in [6, 6.07) is 6.85. The van der Waals surface area contributed by atoms with E-state index in [1.54, 1.807) is 22.7 Å². The smallest absolute Gasteiger partial charge is 0.0389 e. The van der Waals surface area contributed by atoms with Crippen LogP contribution in [0.3, 0.4) is 0 Å². The van der Waals surface area contributed by atoms with Crippen molar-refractivity contribution in [3.8, 4) is 0 Å². The van der Waals surface area contributed by atoms with Gasteiger partial charge in [0.2, 0.25) is 0 Å². The number of nitrogens with one attached hydrogen (secondary N) is 1. The van der Waals surface area contributed by atoms with E-state index in [0.717, 1.165) is 6.54 Å². The highest BCUT2D eigenvalue weighted by Gasteiger charge is 2.07. The quantitative estimate of drug-likeness (QED) is 0.881. The molecule has 0 radical (unpaired) electrons. The molecule has 0 aromatic carbocycles. The van der Waals surface area contributed by atoms with Crippen LogP contribution in [0.5, 0.6) is 0 Å². The van der Waals surface area contributed by atoms with E-state index in [1.165, 1.54) is 14.2 Å². The van der Waals surface area contributed by atoms with E-state index in [1.807, 2.05) is 0 Å². The van der Waals surface area contributed by atoms with E-state index in [0.29, 0.717) is 6.04 Å². The highest BCUT2D eigenvalue weighted by atomic mass is 79.9. The zero-order chi connectivity index (χ0) is 10.7. The maximum absolute atomic E-state index is 3.51. The van der Waals surface area contributed by atoms with Crippen LogP contribution in [0.25, 0.3) is 0 Å². The van der Waals surface area contributed by atoms with E-state index >= 15 is 0 Å². The van der Waals surface area contributed by atoms with E-state index in [-0.39, 0.29) is 0 Å². The molecule has 1 atom stereocenters. The molecule has 1 N–H and O–H groups in total. The predicted octanol–water partition coefficient (Wildman–Crippen LogP) is 4.42. The average molecular weight is 302 g/mol. The van der Waals surface area contributed by atoms with Crippen molar-refractivity contribution in [1.82, 2.24) is 5.32 Å². The highest BCUT2D eigenvalue weighted by Crippen LogP contribution is 2.25. The van der Waals surface area contributed by atoms with Crippen LogP contribution in [0.1, 0.15) is 22.7 Å². The number of hydrogen-bond acceptors (Lipinski definition) is 3. The van der Waals surface area contributed by atoms with Crippen LogP contribution in [0.4, 0.5) is 0 Å². The molecule has 0 amide bonds. The fourth-order valence-electron chi connectivity index (χ4n) is 1.32. The van der Waals surface area contributed by atoms with Gasteiger partial charge in [0.1, 0.15) is 0 Å². The maximum atomic E-state index is 3.51. The van der Waals surface area contributed by atoms with E-state index in [9.17, 15) is 0 Å². The second kappa shape index (κ2) is 5.25. The van der Waals surface area contributed by atoms with Gasteiger partial charge in [-0.25, -0.2) is 0 Å². The van der Waals surface area contributed by atoms with Gasteiger partial charge in [-0.05, 0) is 40.4 Å². The first-order valence-electron chi connectivity index (χ1n) is 4.75. The molecule has 80 valence electrons. The number of halogens is 1. The lowest BCUT2D eigenvalue weighted by Gasteiger charge is -2.10. The summed E-state index contributed by atoms with van der Waals surface area (Å²) in [4.78, 5) is 2.76. The van der Waals surface area contributed by atoms with Crippen molar-refractivity contribution in [3.63, 3.8) is 0 Å². The summed E-state index contributed by atoms with van der Waals surface area (Å²) in [7, 11) is 0. The topological polar surface area (TPSA) is 12.0 Å². The Balaban J connectivity index is 1.90. The maximum Gasteiger partial charge on any atom is 0.0389 e. The van der Waals surface area contributed by atoms with Crippen molar-refractivity contribution < 1.29 is 0 Å². The number of thiophene rings is 2. The summed E-state index contributed by atoms with van der Waals surface area (Å²) in [5.74, 6) is 0. The van der Waals surface area contributed by atoms with Crippen LogP contribution in [-0.4, -0.2) is 0 Å². The Kier molecular flexibility index (Phi) is 3.97. The molecule has 1 unspecified atom stereocenters. The van der Waals surface area contributed by atoms with Crippen LogP contribution in [0, 0.1) is 0 Å². The molecule has 2 heterocycles. The zero-order valence-electron chi connectivity index (χ0n) is 8.37. The van der Waals surface area contributed by atoms with E-state index < -0.39 is 0 Å². The van der Waals surface area contributed by atoms with Crippen LogP contribution in [-0.2, 0) is 6.54 Å². The molecule has 1 nitrogen and oxygen atoms in total. The Morgan fingerprint density at radius 2 is 2.33 bits per heavy atom. The third-order valence-corrected chi connectivity index (χ3v) is 4.93. The van der Waals surface area contributed by atoms with Gasteiger partial charge in [-0.2, -0.15) is 0 Å². The van der Waals surface area contributed by atoms with Crippen molar-refractivity contribution >= 4 is 38.6 Å². The van der Waals surface area contributed by atoms with Gasteiger partial charge in [0.15, 0.2) is 0 Å². The van der Waals surface area contributed by atoms with Crippen molar-refractivity contribution in [1.29, 1.82) is 0 Å². The second-order valence-corrected chi connectivity index (χ2v) is 6.24. The molecule has 0 aliphatic rings. The molecule has 2 aromatic rings. The third-order valence-electron chi connectivity index (χ3n) is 2.18. The van der Waals surface area contributed by atoms with Gasteiger partial charge >= 0.3 is 0 Å². The summed E-state index contributed by atoms with van der Waals surface area (Å²) >= 11 is 7.06. The summed E-state index contributed by atoms with van der Waals surface area (Å²) in [6.07, 6.45) is 0. The average Bonchev–Trinajstić information content (AvgIpc) is 2.84. The standard InChI is InChI=1S/C11H12BrNS2/c1-8(11-5-9(12)7-15-11)13-6-10-3-2-4-14-10/h2-5,7-8,13H,6H2,1H3. The van der Waals surface area contributed by atoms with Gasteiger partial charge in [-0.3, -0.25) is 0 Å².